The third-order valence-corrected chi connectivity index (χ3v) is 5.78. The Morgan fingerprint density at radius 3 is 2.58 bits per heavy atom. The minimum Gasteiger partial charge on any atom is -0.493 e. The van der Waals surface area contributed by atoms with E-state index in [0.717, 1.165) is 60.7 Å². The van der Waals surface area contributed by atoms with Crippen LogP contribution in [0.3, 0.4) is 0 Å². The molecule has 4 rings (SSSR count). The topological polar surface area (TPSA) is 53.1 Å². The van der Waals surface area contributed by atoms with Crippen molar-refractivity contribution in [3.8, 4) is 34.1 Å². The van der Waals surface area contributed by atoms with Gasteiger partial charge in [0, 0.05) is 31.0 Å². The van der Waals surface area contributed by atoms with E-state index in [-0.39, 0.29) is 6.10 Å². The van der Waals surface area contributed by atoms with Crippen LogP contribution in [-0.4, -0.2) is 49.9 Å². The molecule has 6 nitrogen and oxygen atoms in total. The van der Waals surface area contributed by atoms with Crippen molar-refractivity contribution in [3.05, 3.63) is 66.5 Å². The van der Waals surface area contributed by atoms with Crippen molar-refractivity contribution in [2.24, 2.45) is 0 Å². The average molecular weight is 449 g/mol. The SMILES string of the molecule is CCCCN(Cc1cncc(-c2ccc(OC)c(OC)c2)c1)CC1COc2ccccc2O1. The zero-order valence-corrected chi connectivity index (χ0v) is 19.6. The fourth-order valence-corrected chi connectivity index (χ4v) is 4.06. The Labute approximate surface area is 196 Å². The van der Waals surface area contributed by atoms with Crippen LogP contribution in [0.5, 0.6) is 23.0 Å². The summed E-state index contributed by atoms with van der Waals surface area (Å²) in [5.41, 5.74) is 3.26. The average Bonchev–Trinajstić information content (AvgIpc) is 2.87. The van der Waals surface area contributed by atoms with Gasteiger partial charge in [-0.15, -0.1) is 0 Å². The van der Waals surface area contributed by atoms with Crippen molar-refractivity contribution in [2.45, 2.75) is 32.4 Å². The summed E-state index contributed by atoms with van der Waals surface area (Å²) in [6, 6.07) is 16.0. The van der Waals surface area contributed by atoms with Crippen LogP contribution in [0, 0.1) is 0 Å². The number of pyridine rings is 1. The van der Waals surface area contributed by atoms with Gasteiger partial charge in [-0.05, 0) is 54.4 Å². The predicted molar refractivity (Wildman–Crippen MR) is 129 cm³/mol. The van der Waals surface area contributed by atoms with E-state index in [0.29, 0.717) is 18.1 Å². The quantitative estimate of drug-likeness (QED) is 0.425. The van der Waals surface area contributed by atoms with Gasteiger partial charge in [-0.25, -0.2) is 0 Å². The molecule has 1 aromatic heterocycles. The maximum absolute atomic E-state index is 6.21. The van der Waals surface area contributed by atoms with Gasteiger partial charge in [0.05, 0.1) is 14.2 Å². The third kappa shape index (κ3) is 5.76. The molecule has 0 radical (unpaired) electrons. The summed E-state index contributed by atoms with van der Waals surface area (Å²) in [5.74, 6) is 3.06. The molecule has 0 saturated heterocycles. The number of hydrogen-bond acceptors (Lipinski definition) is 6. The minimum absolute atomic E-state index is 0.00116. The highest BCUT2D eigenvalue weighted by Crippen LogP contribution is 2.33. The van der Waals surface area contributed by atoms with Crippen molar-refractivity contribution < 1.29 is 18.9 Å². The van der Waals surface area contributed by atoms with Gasteiger partial charge in [0.2, 0.25) is 0 Å². The lowest BCUT2D eigenvalue weighted by Crippen LogP contribution is -2.41. The van der Waals surface area contributed by atoms with Crippen LogP contribution in [0.2, 0.25) is 0 Å². The van der Waals surface area contributed by atoms with E-state index in [1.807, 2.05) is 54.9 Å². The second-order valence-electron chi connectivity index (χ2n) is 8.24. The Hall–Kier alpha value is -3.25. The summed E-state index contributed by atoms with van der Waals surface area (Å²) in [6.45, 7) is 5.38. The van der Waals surface area contributed by atoms with Crippen molar-refractivity contribution in [1.82, 2.24) is 9.88 Å². The van der Waals surface area contributed by atoms with Crippen LogP contribution < -0.4 is 18.9 Å². The molecular weight excluding hydrogens is 416 g/mol. The standard InChI is InChI=1S/C27H32N2O4/c1-4-5-12-29(18-23-19-32-25-8-6-7-9-26(25)33-23)17-20-13-22(16-28-15-20)21-10-11-24(30-2)27(14-21)31-3/h6-11,13-16,23H,4-5,12,17-19H2,1-3H3. The van der Waals surface area contributed by atoms with E-state index >= 15 is 0 Å². The number of ether oxygens (including phenoxy) is 4. The molecule has 1 atom stereocenters. The Kier molecular flexibility index (Phi) is 7.68. The lowest BCUT2D eigenvalue weighted by Gasteiger charge is -2.31. The maximum Gasteiger partial charge on any atom is 0.161 e. The molecule has 0 fully saturated rings. The lowest BCUT2D eigenvalue weighted by molar-refractivity contribution is 0.0560. The van der Waals surface area contributed by atoms with Gasteiger partial charge >= 0.3 is 0 Å². The molecule has 33 heavy (non-hydrogen) atoms. The highest BCUT2D eigenvalue weighted by molar-refractivity contribution is 5.67. The largest absolute Gasteiger partial charge is 0.493 e. The molecule has 1 unspecified atom stereocenters. The molecule has 1 aliphatic rings. The maximum atomic E-state index is 6.21. The summed E-state index contributed by atoms with van der Waals surface area (Å²) >= 11 is 0. The van der Waals surface area contributed by atoms with E-state index in [2.05, 4.69) is 22.9 Å². The molecule has 2 aromatic carbocycles. The lowest BCUT2D eigenvalue weighted by atomic mass is 10.0. The molecule has 0 N–H and O–H groups in total. The predicted octanol–water partition coefficient (Wildman–Crippen LogP) is 5.21. The number of hydrogen-bond donors (Lipinski definition) is 0. The van der Waals surface area contributed by atoms with Gasteiger partial charge in [-0.2, -0.15) is 0 Å². The zero-order valence-electron chi connectivity index (χ0n) is 19.6. The van der Waals surface area contributed by atoms with E-state index < -0.39 is 0 Å². The minimum atomic E-state index is -0.00116. The van der Waals surface area contributed by atoms with Crippen molar-refractivity contribution in [3.63, 3.8) is 0 Å². The van der Waals surface area contributed by atoms with Gasteiger partial charge < -0.3 is 18.9 Å². The number of methoxy groups -OCH3 is 2. The van der Waals surface area contributed by atoms with E-state index in [4.69, 9.17) is 18.9 Å². The van der Waals surface area contributed by atoms with Crippen molar-refractivity contribution in [2.75, 3.05) is 33.9 Å². The van der Waals surface area contributed by atoms with Crippen LogP contribution in [0.25, 0.3) is 11.1 Å². The Bertz CT molecular complexity index is 1060. The second kappa shape index (κ2) is 11.1. The van der Waals surface area contributed by atoms with Gasteiger partial charge in [0.15, 0.2) is 23.0 Å². The summed E-state index contributed by atoms with van der Waals surface area (Å²) in [4.78, 5) is 6.95. The monoisotopic (exact) mass is 448 g/mol. The van der Waals surface area contributed by atoms with Crippen LogP contribution >= 0.6 is 0 Å². The molecule has 3 aromatic rings. The highest BCUT2D eigenvalue weighted by atomic mass is 16.6. The Morgan fingerprint density at radius 1 is 0.970 bits per heavy atom. The molecule has 0 amide bonds. The normalized spacial score (nSPS) is 14.8. The van der Waals surface area contributed by atoms with Crippen LogP contribution in [0.4, 0.5) is 0 Å². The fraction of sp³-hybridized carbons (Fsp3) is 0.370. The summed E-state index contributed by atoms with van der Waals surface area (Å²) in [5, 5.41) is 0. The third-order valence-electron chi connectivity index (χ3n) is 5.78. The highest BCUT2D eigenvalue weighted by Gasteiger charge is 2.23. The molecule has 1 aliphatic heterocycles. The van der Waals surface area contributed by atoms with E-state index in [1.165, 1.54) is 0 Å². The van der Waals surface area contributed by atoms with Gasteiger partial charge in [0.25, 0.3) is 0 Å². The molecule has 0 aliphatic carbocycles. The van der Waals surface area contributed by atoms with Gasteiger partial charge in [-0.1, -0.05) is 31.5 Å². The van der Waals surface area contributed by atoms with Crippen LogP contribution in [0.15, 0.2) is 60.9 Å². The van der Waals surface area contributed by atoms with Crippen molar-refractivity contribution >= 4 is 0 Å². The smallest absolute Gasteiger partial charge is 0.161 e. The summed E-state index contributed by atoms with van der Waals surface area (Å²) in [6.07, 6.45) is 6.10. The number of benzene rings is 2. The van der Waals surface area contributed by atoms with Crippen LogP contribution in [0.1, 0.15) is 25.3 Å². The molecule has 6 heteroatoms. The molecule has 0 spiro atoms. The fourth-order valence-electron chi connectivity index (χ4n) is 4.06. The van der Waals surface area contributed by atoms with Crippen LogP contribution in [-0.2, 0) is 6.54 Å². The second-order valence-corrected chi connectivity index (χ2v) is 8.24. The number of aromatic nitrogens is 1. The first kappa shape index (κ1) is 22.9. The first-order valence-corrected chi connectivity index (χ1v) is 11.5. The van der Waals surface area contributed by atoms with E-state index in [1.54, 1.807) is 14.2 Å². The number of rotatable bonds is 10. The number of nitrogens with zero attached hydrogens (tertiary/aromatic N) is 2. The first-order valence-electron chi connectivity index (χ1n) is 11.5. The molecule has 0 saturated carbocycles. The Balaban J connectivity index is 1.48. The molecule has 0 bridgehead atoms. The summed E-state index contributed by atoms with van der Waals surface area (Å²) in [7, 11) is 3.29. The zero-order chi connectivity index (χ0) is 23.0. The molecule has 174 valence electrons. The molecule has 2 heterocycles. The van der Waals surface area contributed by atoms with Gasteiger partial charge in [0.1, 0.15) is 12.7 Å². The van der Waals surface area contributed by atoms with Gasteiger partial charge in [-0.3, -0.25) is 9.88 Å². The van der Waals surface area contributed by atoms with Crippen molar-refractivity contribution in [1.29, 1.82) is 0 Å². The number of unbranched alkanes of at least 4 members (excludes halogenated alkanes) is 1. The summed E-state index contributed by atoms with van der Waals surface area (Å²) < 4.78 is 23.0. The number of para-hydroxylation sites is 2. The number of fused-ring (bicyclic) bond motifs is 1. The molecular formula is C27H32N2O4. The van der Waals surface area contributed by atoms with E-state index in [9.17, 15) is 0 Å². The Morgan fingerprint density at radius 2 is 1.79 bits per heavy atom. The first-order chi connectivity index (χ1) is 16.2.